The first-order valence-corrected chi connectivity index (χ1v) is 6.53. The van der Waals surface area contributed by atoms with Gasteiger partial charge >= 0.3 is 0 Å². The fourth-order valence-corrected chi connectivity index (χ4v) is 3.04. The van der Waals surface area contributed by atoms with Crippen molar-refractivity contribution < 1.29 is 4.79 Å². The average molecular weight is 247 g/mol. The fraction of sp³-hybridized carbons (Fsp3) is 0.118. The molecule has 3 aromatic rings. The largest absolute Gasteiger partial charge is 0.330 e. The van der Waals surface area contributed by atoms with Crippen LogP contribution in [-0.2, 0) is 0 Å². The molecule has 92 valence electrons. The van der Waals surface area contributed by atoms with Crippen LogP contribution >= 0.6 is 0 Å². The normalized spacial score (nSPS) is 17.9. The second kappa shape index (κ2) is 3.82. The van der Waals surface area contributed by atoms with Crippen molar-refractivity contribution in [3.63, 3.8) is 0 Å². The van der Waals surface area contributed by atoms with E-state index in [0.717, 1.165) is 16.6 Å². The van der Waals surface area contributed by atoms with Crippen LogP contribution in [0, 0.1) is 0 Å². The summed E-state index contributed by atoms with van der Waals surface area (Å²) < 4.78 is 2.19. The van der Waals surface area contributed by atoms with Crippen LogP contribution in [0.25, 0.3) is 10.9 Å². The van der Waals surface area contributed by atoms with Gasteiger partial charge in [-0.25, -0.2) is 0 Å². The third-order valence-electron chi connectivity index (χ3n) is 3.91. The smallest absolute Gasteiger partial charge is 0.181 e. The van der Waals surface area contributed by atoms with Crippen LogP contribution in [0.1, 0.15) is 28.5 Å². The van der Waals surface area contributed by atoms with Crippen LogP contribution in [0.3, 0.4) is 0 Å². The maximum atomic E-state index is 12.2. The van der Waals surface area contributed by atoms with Gasteiger partial charge in [0.05, 0.1) is 11.7 Å². The Balaban J connectivity index is 1.98. The number of Topliss-reactive ketones (excluding diaryl/α,β-unsaturated/α-hetero) is 1. The Morgan fingerprint density at radius 1 is 0.947 bits per heavy atom. The quantitative estimate of drug-likeness (QED) is 0.640. The standard InChI is InChI=1S/C17H13NO/c19-17-11-15(12-6-2-1-3-7-12)18-14-9-5-4-8-13(14)10-16(17)18/h1-10,15H,11H2/t15-/m1/s1. The Hall–Kier alpha value is -2.35. The number of hydrogen-bond donors (Lipinski definition) is 0. The van der Waals surface area contributed by atoms with Crippen molar-refractivity contribution in [1.82, 2.24) is 4.57 Å². The Morgan fingerprint density at radius 2 is 1.68 bits per heavy atom. The molecule has 1 aromatic heterocycles. The molecule has 0 saturated heterocycles. The molecule has 0 bridgehead atoms. The van der Waals surface area contributed by atoms with E-state index in [1.54, 1.807) is 0 Å². The molecule has 0 saturated carbocycles. The Morgan fingerprint density at radius 3 is 2.53 bits per heavy atom. The van der Waals surface area contributed by atoms with Crippen molar-refractivity contribution in [3.05, 3.63) is 71.9 Å². The van der Waals surface area contributed by atoms with Gasteiger partial charge in [-0.2, -0.15) is 0 Å². The van der Waals surface area contributed by atoms with Crippen LogP contribution in [0.2, 0.25) is 0 Å². The number of rotatable bonds is 1. The lowest BCUT2D eigenvalue weighted by Gasteiger charge is -2.14. The summed E-state index contributed by atoms with van der Waals surface area (Å²) in [6, 6.07) is 20.6. The van der Waals surface area contributed by atoms with E-state index in [1.165, 1.54) is 5.56 Å². The van der Waals surface area contributed by atoms with E-state index in [9.17, 15) is 4.79 Å². The van der Waals surface area contributed by atoms with Gasteiger partial charge in [0.1, 0.15) is 0 Å². The number of para-hydroxylation sites is 1. The lowest BCUT2D eigenvalue weighted by Crippen LogP contribution is -2.04. The van der Waals surface area contributed by atoms with Crippen molar-refractivity contribution in [3.8, 4) is 0 Å². The molecule has 0 unspecified atom stereocenters. The van der Waals surface area contributed by atoms with Gasteiger partial charge in [-0.15, -0.1) is 0 Å². The minimum absolute atomic E-state index is 0.142. The van der Waals surface area contributed by atoms with Gasteiger partial charge in [-0.05, 0) is 17.7 Å². The maximum absolute atomic E-state index is 12.2. The summed E-state index contributed by atoms with van der Waals surface area (Å²) >= 11 is 0. The topological polar surface area (TPSA) is 22.0 Å². The summed E-state index contributed by atoms with van der Waals surface area (Å²) in [5.74, 6) is 0.241. The van der Waals surface area contributed by atoms with Gasteiger partial charge in [-0.1, -0.05) is 48.5 Å². The van der Waals surface area contributed by atoms with Gasteiger partial charge in [0.25, 0.3) is 0 Å². The molecule has 0 fully saturated rings. The van der Waals surface area contributed by atoms with Crippen molar-refractivity contribution in [2.75, 3.05) is 0 Å². The molecule has 1 aliphatic rings. The van der Waals surface area contributed by atoms with Crippen LogP contribution in [0.15, 0.2) is 60.7 Å². The zero-order valence-corrected chi connectivity index (χ0v) is 10.4. The first-order chi connectivity index (χ1) is 9.34. The van der Waals surface area contributed by atoms with Gasteiger partial charge in [0.2, 0.25) is 0 Å². The molecular formula is C17H13NO. The Kier molecular flexibility index (Phi) is 2.12. The summed E-state index contributed by atoms with van der Waals surface area (Å²) in [7, 11) is 0. The minimum atomic E-state index is 0.142. The van der Waals surface area contributed by atoms with E-state index in [4.69, 9.17) is 0 Å². The summed E-state index contributed by atoms with van der Waals surface area (Å²) in [5, 5.41) is 1.14. The second-order valence-corrected chi connectivity index (χ2v) is 5.01. The summed E-state index contributed by atoms with van der Waals surface area (Å²) in [5.41, 5.74) is 3.20. The van der Waals surface area contributed by atoms with Gasteiger partial charge in [-0.3, -0.25) is 4.79 Å². The SMILES string of the molecule is O=C1C[C@H](c2ccccc2)n2c1cc1ccccc12. The van der Waals surface area contributed by atoms with E-state index in [0.29, 0.717) is 6.42 Å². The minimum Gasteiger partial charge on any atom is -0.330 e. The number of carbonyl (C=O) groups is 1. The molecule has 1 atom stereocenters. The molecule has 2 heterocycles. The van der Waals surface area contributed by atoms with Crippen LogP contribution in [-0.4, -0.2) is 10.4 Å². The number of aromatic nitrogens is 1. The van der Waals surface area contributed by atoms with Gasteiger partial charge < -0.3 is 4.57 Å². The first kappa shape index (κ1) is 10.6. The van der Waals surface area contributed by atoms with E-state index in [-0.39, 0.29) is 11.8 Å². The molecule has 2 heteroatoms. The zero-order valence-electron chi connectivity index (χ0n) is 10.4. The Labute approximate surface area is 111 Å². The molecule has 2 nitrogen and oxygen atoms in total. The van der Waals surface area contributed by atoms with Crippen molar-refractivity contribution >= 4 is 16.7 Å². The number of ketones is 1. The molecule has 0 radical (unpaired) electrons. The monoisotopic (exact) mass is 247 g/mol. The molecule has 1 aliphatic heterocycles. The Bertz CT molecular complexity index is 770. The fourth-order valence-electron chi connectivity index (χ4n) is 3.04. The number of hydrogen-bond acceptors (Lipinski definition) is 1. The molecule has 0 amide bonds. The van der Waals surface area contributed by atoms with Crippen molar-refractivity contribution in [1.29, 1.82) is 0 Å². The predicted molar refractivity (Wildman–Crippen MR) is 75.5 cm³/mol. The highest BCUT2D eigenvalue weighted by Crippen LogP contribution is 2.36. The van der Waals surface area contributed by atoms with Crippen LogP contribution < -0.4 is 0 Å². The van der Waals surface area contributed by atoms with Crippen molar-refractivity contribution in [2.45, 2.75) is 12.5 Å². The predicted octanol–water partition coefficient (Wildman–Crippen LogP) is 3.82. The van der Waals surface area contributed by atoms with E-state index < -0.39 is 0 Å². The van der Waals surface area contributed by atoms with Crippen molar-refractivity contribution in [2.24, 2.45) is 0 Å². The highest BCUT2D eigenvalue weighted by atomic mass is 16.1. The summed E-state index contributed by atoms with van der Waals surface area (Å²) in [6.45, 7) is 0. The lowest BCUT2D eigenvalue weighted by atomic mass is 10.0. The highest BCUT2D eigenvalue weighted by Gasteiger charge is 2.31. The third-order valence-corrected chi connectivity index (χ3v) is 3.91. The first-order valence-electron chi connectivity index (χ1n) is 6.53. The number of fused-ring (bicyclic) bond motifs is 3. The third kappa shape index (κ3) is 1.46. The van der Waals surface area contributed by atoms with Crippen LogP contribution in [0.5, 0.6) is 0 Å². The van der Waals surface area contributed by atoms with Gasteiger partial charge in [0, 0.05) is 17.3 Å². The molecule has 19 heavy (non-hydrogen) atoms. The molecule has 0 N–H and O–H groups in total. The summed E-state index contributed by atoms with van der Waals surface area (Å²) in [4.78, 5) is 12.2. The maximum Gasteiger partial charge on any atom is 0.181 e. The molecular weight excluding hydrogens is 234 g/mol. The summed E-state index contributed by atoms with van der Waals surface area (Å²) in [6.07, 6.45) is 0.574. The zero-order chi connectivity index (χ0) is 12.8. The average Bonchev–Trinajstić information content (AvgIpc) is 2.98. The number of nitrogens with zero attached hydrogens (tertiary/aromatic N) is 1. The second-order valence-electron chi connectivity index (χ2n) is 5.01. The van der Waals surface area contributed by atoms with Gasteiger partial charge in [0.15, 0.2) is 5.78 Å². The van der Waals surface area contributed by atoms with E-state index in [2.05, 4.69) is 28.8 Å². The van der Waals surface area contributed by atoms with Crippen LogP contribution in [0.4, 0.5) is 0 Å². The molecule has 2 aromatic carbocycles. The highest BCUT2D eigenvalue weighted by molar-refractivity contribution is 6.03. The molecule has 0 aliphatic carbocycles. The molecule has 4 rings (SSSR count). The number of carbonyl (C=O) groups excluding carboxylic acids is 1. The lowest BCUT2D eigenvalue weighted by molar-refractivity contribution is 0.0991. The number of benzene rings is 2. The molecule has 0 spiro atoms. The van der Waals surface area contributed by atoms with E-state index in [1.807, 2.05) is 36.4 Å². The van der Waals surface area contributed by atoms with E-state index >= 15 is 0 Å².